The number of hydrogen-bond donors (Lipinski definition) is 2. The van der Waals surface area contributed by atoms with Crippen molar-refractivity contribution in [1.29, 1.82) is 5.41 Å². The molecule has 92 valence electrons. The molecule has 3 N–H and O–H groups in total. The molecule has 2 aromatic rings. The molecule has 0 atom stereocenters. The van der Waals surface area contributed by atoms with E-state index < -0.39 is 0 Å². The number of rotatable bonds is 3. The Morgan fingerprint density at radius 2 is 1.83 bits per heavy atom. The Morgan fingerprint density at radius 3 is 2.44 bits per heavy atom. The van der Waals surface area contributed by atoms with Crippen molar-refractivity contribution in [2.45, 2.75) is 9.79 Å². The molecule has 0 saturated carbocycles. The predicted molar refractivity (Wildman–Crippen MR) is 75.7 cm³/mol. The van der Waals surface area contributed by atoms with Crippen molar-refractivity contribution in [2.75, 3.05) is 0 Å². The molecule has 0 spiro atoms. The molecule has 0 fully saturated rings. The Kier molecular flexibility index (Phi) is 4.04. The number of halogens is 2. The molecule has 2 nitrogen and oxygen atoms in total. The van der Waals surface area contributed by atoms with Crippen LogP contribution >= 0.6 is 27.7 Å². The standard InChI is InChI=1S/C13H10BrFN2S/c14-8-1-6-12(11(7-8)13(16)17)18-10-4-2-9(15)3-5-10/h1-7H,(H3,16,17). The summed E-state index contributed by atoms with van der Waals surface area (Å²) in [6, 6.07) is 11.8. The van der Waals surface area contributed by atoms with Gasteiger partial charge in [-0.2, -0.15) is 0 Å². The summed E-state index contributed by atoms with van der Waals surface area (Å²) in [5.74, 6) is -0.247. The van der Waals surface area contributed by atoms with Gasteiger partial charge in [-0.3, -0.25) is 5.41 Å². The van der Waals surface area contributed by atoms with Gasteiger partial charge in [0.25, 0.3) is 0 Å². The van der Waals surface area contributed by atoms with Crippen molar-refractivity contribution in [3.63, 3.8) is 0 Å². The summed E-state index contributed by atoms with van der Waals surface area (Å²) in [4.78, 5) is 1.78. The Morgan fingerprint density at radius 1 is 1.17 bits per heavy atom. The van der Waals surface area contributed by atoms with Crippen LogP contribution in [-0.4, -0.2) is 5.84 Å². The van der Waals surface area contributed by atoms with Crippen molar-refractivity contribution in [2.24, 2.45) is 5.73 Å². The Labute approximate surface area is 117 Å². The van der Waals surface area contributed by atoms with Crippen molar-refractivity contribution in [3.8, 4) is 0 Å². The zero-order valence-corrected chi connectivity index (χ0v) is 11.7. The van der Waals surface area contributed by atoms with Crippen LogP contribution in [0.1, 0.15) is 5.56 Å². The summed E-state index contributed by atoms with van der Waals surface area (Å²) in [5.41, 5.74) is 6.22. The first-order chi connectivity index (χ1) is 8.56. The lowest BCUT2D eigenvalue weighted by molar-refractivity contribution is 0.626. The molecule has 0 radical (unpaired) electrons. The second-order valence-electron chi connectivity index (χ2n) is 3.61. The van der Waals surface area contributed by atoms with Gasteiger partial charge in [-0.1, -0.05) is 27.7 Å². The van der Waals surface area contributed by atoms with Crippen LogP contribution < -0.4 is 5.73 Å². The molecule has 0 aliphatic rings. The lowest BCUT2D eigenvalue weighted by Crippen LogP contribution is -2.12. The third-order valence-electron chi connectivity index (χ3n) is 2.27. The fraction of sp³-hybridized carbons (Fsp3) is 0. The number of nitrogens with two attached hydrogens (primary N) is 1. The van der Waals surface area contributed by atoms with Crippen LogP contribution in [0.15, 0.2) is 56.7 Å². The van der Waals surface area contributed by atoms with Gasteiger partial charge in [-0.25, -0.2) is 4.39 Å². The van der Waals surface area contributed by atoms with E-state index in [4.69, 9.17) is 11.1 Å². The lowest BCUT2D eigenvalue weighted by atomic mass is 10.2. The first-order valence-corrected chi connectivity index (χ1v) is 6.74. The van der Waals surface area contributed by atoms with Gasteiger partial charge in [-0.15, -0.1) is 0 Å². The normalized spacial score (nSPS) is 10.3. The number of nitrogens with one attached hydrogen (secondary N) is 1. The van der Waals surface area contributed by atoms with Crippen LogP contribution in [0.4, 0.5) is 4.39 Å². The molecule has 0 aromatic heterocycles. The number of nitrogen functional groups attached to an aromatic ring is 1. The second-order valence-corrected chi connectivity index (χ2v) is 5.64. The summed E-state index contributed by atoms with van der Waals surface area (Å²) in [6.45, 7) is 0. The van der Waals surface area contributed by atoms with E-state index in [0.717, 1.165) is 14.3 Å². The second kappa shape index (κ2) is 5.54. The fourth-order valence-electron chi connectivity index (χ4n) is 1.43. The molecule has 0 saturated heterocycles. The maximum absolute atomic E-state index is 12.8. The van der Waals surface area contributed by atoms with E-state index in [1.807, 2.05) is 12.1 Å². The van der Waals surface area contributed by atoms with Crippen LogP contribution in [0, 0.1) is 11.2 Å². The largest absolute Gasteiger partial charge is 0.384 e. The third-order valence-corrected chi connectivity index (χ3v) is 3.85. The van der Waals surface area contributed by atoms with E-state index in [0.29, 0.717) is 5.56 Å². The molecule has 2 aromatic carbocycles. The summed E-state index contributed by atoms with van der Waals surface area (Å²) in [7, 11) is 0. The zero-order valence-electron chi connectivity index (χ0n) is 9.28. The Balaban J connectivity index is 2.34. The lowest BCUT2D eigenvalue weighted by Gasteiger charge is -2.08. The number of benzene rings is 2. The van der Waals surface area contributed by atoms with E-state index >= 15 is 0 Å². The molecule has 0 unspecified atom stereocenters. The molecule has 0 aliphatic carbocycles. The van der Waals surface area contributed by atoms with E-state index in [2.05, 4.69) is 15.9 Å². The van der Waals surface area contributed by atoms with Crippen LogP contribution in [0.5, 0.6) is 0 Å². The van der Waals surface area contributed by atoms with Crippen LogP contribution in [-0.2, 0) is 0 Å². The Hall–Kier alpha value is -1.33. The van der Waals surface area contributed by atoms with E-state index in [9.17, 15) is 4.39 Å². The monoisotopic (exact) mass is 324 g/mol. The highest BCUT2D eigenvalue weighted by atomic mass is 79.9. The highest BCUT2D eigenvalue weighted by Crippen LogP contribution is 2.31. The molecule has 0 aliphatic heterocycles. The number of hydrogen-bond acceptors (Lipinski definition) is 2. The predicted octanol–water partition coefficient (Wildman–Crippen LogP) is 4.02. The van der Waals surface area contributed by atoms with Gasteiger partial charge in [0.15, 0.2) is 0 Å². The number of amidine groups is 1. The quantitative estimate of drug-likeness (QED) is 0.661. The average Bonchev–Trinajstić information content (AvgIpc) is 2.34. The maximum atomic E-state index is 12.8. The molecule has 2 rings (SSSR count). The molecule has 18 heavy (non-hydrogen) atoms. The van der Waals surface area contributed by atoms with Gasteiger partial charge in [-0.05, 0) is 42.5 Å². The molecule has 0 heterocycles. The molecule has 5 heteroatoms. The molecule has 0 bridgehead atoms. The minimum atomic E-state index is -0.262. The van der Waals surface area contributed by atoms with Gasteiger partial charge in [0.2, 0.25) is 0 Å². The minimum Gasteiger partial charge on any atom is -0.384 e. The Bertz CT molecular complexity index is 584. The topological polar surface area (TPSA) is 49.9 Å². The summed E-state index contributed by atoms with van der Waals surface area (Å²) >= 11 is 4.80. The summed E-state index contributed by atoms with van der Waals surface area (Å²) in [6.07, 6.45) is 0. The highest BCUT2D eigenvalue weighted by molar-refractivity contribution is 9.10. The van der Waals surface area contributed by atoms with Gasteiger partial charge >= 0.3 is 0 Å². The fourth-order valence-corrected chi connectivity index (χ4v) is 2.73. The van der Waals surface area contributed by atoms with Crippen molar-refractivity contribution in [1.82, 2.24) is 0 Å². The third kappa shape index (κ3) is 3.11. The smallest absolute Gasteiger partial charge is 0.123 e. The minimum absolute atomic E-state index is 0.0147. The average molecular weight is 325 g/mol. The zero-order chi connectivity index (χ0) is 13.1. The van der Waals surface area contributed by atoms with Crippen molar-refractivity contribution < 1.29 is 4.39 Å². The van der Waals surface area contributed by atoms with Gasteiger partial charge in [0.05, 0.1) is 0 Å². The van der Waals surface area contributed by atoms with E-state index in [1.54, 1.807) is 18.2 Å². The SMILES string of the molecule is N=C(N)c1cc(Br)ccc1Sc1ccc(F)cc1. The van der Waals surface area contributed by atoms with Crippen LogP contribution in [0.25, 0.3) is 0 Å². The molecular weight excluding hydrogens is 315 g/mol. The van der Waals surface area contributed by atoms with E-state index in [1.165, 1.54) is 23.9 Å². The van der Waals surface area contributed by atoms with Crippen molar-refractivity contribution >= 4 is 33.5 Å². The first kappa shape index (κ1) is 13.1. The highest BCUT2D eigenvalue weighted by Gasteiger charge is 2.08. The summed E-state index contributed by atoms with van der Waals surface area (Å²) < 4.78 is 13.7. The van der Waals surface area contributed by atoms with Crippen LogP contribution in [0.2, 0.25) is 0 Å². The van der Waals surface area contributed by atoms with Gasteiger partial charge < -0.3 is 5.73 Å². The summed E-state index contributed by atoms with van der Waals surface area (Å²) in [5, 5.41) is 7.56. The van der Waals surface area contributed by atoms with Gasteiger partial charge in [0, 0.05) is 19.8 Å². The van der Waals surface area contributed by atoms with Gasteiger partial charge in [0.1, 0.15) is 11.7 Å². The molecular formula is C13H10BrFN2S. The maximum Gasteiger partial charge on any atom is 0.123 e. The van der Waals surface area contributed by atoms with Crippen molar-refractivity contribution in [3.05, 3.63) is 58.3 Å². The van der Waals surface area contributed by atoms with Crippen LogP contribution in [0.3, 0.4) is 0 Å². The van der Waals surface area contributed by atoms with E-state index in [-0.39, 0.29) is 11.7 Å². The first-order valence-electron chi connectivity index (χ1n) is 5.13. The molecule has 0 amide bonds.